The van der Waals surface area contributed by atoms with Gasteiger partial charge in [-0.05, 0) is 25.7 Å². The average molecular weight is 265 g/mol. The molecule has 2 unspecified atom stereocenters. The van der Waals surface area contributed by atoms with Crippen LogP contribution in [0.2, 0.25) is 0 Å². The molecular formula is C9H19N3O4S. The largest absolute Gasteiger partial charge is 0.449 e. The fourth-order valence-electron chi connectivity index (χ4n) is 1.84. The molecule has 0 aromatic carbocycles. The van der Waals surface area contributed by atoms with Crippen LogP contribution in [0.4, 0.5) is 4.79 Å². The van der Waals surface area contributed by atoms with Crippen molar-refractivity contribution in [3.05, 3.63) is 0 Å². The van der Waals surface area contributed by atoms with Crippen LogP contribution in [0.25, 0.3) is 0 Å². The van der Waals surface area contributed by atoms with Crippen molar-refractivity contribution in [1.82, 2.24) is 9.44 Å². The number of ether oxygens (including phenoxy) is 1. The van der Waals surface area contributed by atoms with E-state index >= 15 is 0 Å². The van der Waals surface area contributed by atoms with Crippen molar-refractivity contribution in [3.63, 3.8) is 0 Å². The van der Waals surface area contributed by atoms with Crippen molar-refractivity contribution in [2.24, 2.45) is 11.7 Å². The molecule has 2 atom stereocenters. The van der Waals surface area contributed by atoms with Gasteiger partial charge in [-0.15, -0.1) is 0 Å². The Morgan fingerprint density at radius 3 is 2.71 bits per heavy atom. The van der Waals surface area contributed by atoms with E-state index in [1.807, 2.05) is 0 Å². The van der Waals surface area contributed by atoms with Gasteiger partial charge in [-0.2, -0.15) is 13.1 Å². The molecule has 0 aromatic heterocycles. The highest BCUT2D eigenvalue weighted by atomic mass is 32.2. The summed E-state index contributed by atoms with van der Waals surface area (Å²) < 4.78 is 31.4. The highest BCUT2D eigenvalue weighted by Crippen LogP contribution is 2.23. The number of rotatable bonds is 5. The predicted molar refractivity (Wildman–Crippen MR) is 62.4 cm³/mol. The van der Waals surface area contributed by atoms with Gasteiger partial charge in [-0.3, -0.25) is 0 Å². The molecule has 0 bridgehead atoms. The summed E-state index contributed by atoms with van der Waals surface area (Å²) in [4.78, 5) is 10.9. The summed E-state index contributed by atoms with van der Waals surface area (Å²) in [5.74, 6) is 0.133. The molecular weight excluding hydrogens is 246 g/mol. The summed E-state index contributed by atoms with van der Waals surface area (Å²) in [6.45, 7) is 1.96. The highest BCUT2D eigenvalue weighted by Gasteiger charge is 2.25. The Bertz CT molecular complexity index is 357. The Hall–Kier alpha value is -0.860. The molecule has 1 aliphatic carbocycles. The van der Waals surface area contributed by atoms with E-state index in [0.717, 1.165) is 19.3 Å². The van der Waals surface area contributed by atoms with Crippen LogP contribution in [0.3, 0.4) is 0 Å². The number of hydrogen-bond acceptors (Lipinski definition) is 5. The zero-order valence-corrected chi connectivity index (χ0v) is 10.6. The summed E-state index contributed by atoms with van der Waals surface area (Å²) in [5, 5.41) is 0. The van der Waals surface area contributed by atoms with Crippen LogP contribution in [0, 0.1) is 5.92 Å². The van der Waals surface area contributed by atoms with Gasteiger partial charge in [0.15, 0.2) is 0 Å². The molecule has 8 heteroatoms. The van der Waals surface area contributed by atoms with Crippen molar-refractivity contribution in [2.75, 3.05) is 13.2 Å². The van der Waals surface area contributed by atoms with E-state index < -0.39 is 16.3 Å². The zero-order valence-electron chi connectivity index (χ0n) is 9.81. The van der Waals surface area contributed by atoms with Gasteiger partial charge < -0.3 is 10.5 Å². The Labute approximate surface area is 101 Å². The predicted octanol–water partition coefficient (Wildman–Crippen LogP) is -0.306. The van der Waals surface area contributed by atoms with E-state index in [4.69, 9.17) is 5.73 Å². The topological polar surface area (TPSA) is 111 Å². The van der Waals surface area contributed by atoms with Crippen LogP contribution < -0.4 is 15.2 Å². The molecule has 0 aromatic rings. The Morgan fingerprint density at radius 2 is 2.18 bits per heavy atom. The van der Waals surface area contributed by atoms with Gasteiger partial charge in [0.25, 0.3) is 0 Å². The Morgan fingerprint density at radius 1 is 1.47 bits per heavy atom. The maximum atomic E-state index is 11.4. The molecule has 17 heavy (non-hydrogen) atoms. The highest BCUT2D eigenvalue weighted by molar-refractivity contribution is 7.88. The molecule has 4 N–H and O–H groups in total. The number of carbonyl (C=O) groups is 1. The van der Waals surface area contributed by atoms with Gasteiger partial charge >= 0.3 is 16.3 Å². The maximum absolute atomic E-state index is 11.4. The Balaban J connectivity index is 2.36. The van der Waals surface area contributed by atoms with E-state index in [1.54, 1.807) is 11.6 Å². The number of amides is 1. The van der Waals surface area contributed by atoms with Crippen molar-refractivity contribution in [3.8, 4) is 0 Å². The van der Waals surface area contributed by atoms with Gasteiger partial charge in [-0.25, -0.2) is 9.52 Å². The van der Waals surface area contributed by atoms with Crippen molar-refractivity contribution in [1.29, 1.82) is 0 Å². The van der Waals surface area contributed by atoms with Crippen LogP contribution in [0.5, 0.6) is 0 Å². The first-order chi connectivity index (χ1) is 7.94. The quantitative estimate of drug-likeness (QED) is 0.631. The number of nitrogens with two attached hydrogens (primary N) is 1. The van der Waals surface area contributed by atoms with Gasteiger partial charge in [-0.1, -0.05) is 6.42 Å². The molecule has 1 amide bonds. The van der Waals surface area contributed by atoms with Crippen molar-refractivity contribution >= 4 is 16.3 Å². The lowest BCUT2D eigenvalue weighted by Crippen LogP contribution is -2.44. The fraction of sp³-hybridized carbons (Fsp3) is 0.889. The molecule has 0 spiro atoms. The van der Waals surface area contributed by atoms with Crippen LogP contribution in [0.1, 0.15) is 26.2 Å². The SMILES string of the molecule is CCOC(=O)NS(=O)(=O)NCC1CCCC1N. The molecule has 100 valence electrons. The minimum atomic E-state index is -3.84. The zero-order chi connectivity index (χ0) is 12.9. The molecule has 0 radical (unpaired) electrons. The van der Waals surface area contributed by atoms with E-state index in [0.29, 0.717) is 0 Å². The minimum Gasteiger partial charge on any atom is -0.449 e. The average Bonchev–Trinajstić information content (AvgIpc) is 2.60. The smallest absolute Gasteiger partial charge is 0.421 e. The lowest BCUT2D eigenvalue weighted by molar-refractivity contribution is 0.158. The van der Waals surface area contributed by atoms with Crippen LogP contribution >= 0.6 is 0 Å². The number of nitrogens with one attached hydrogen (secondary N) is 2. The van der Waals surface area contributed by atoms with Gasteiger partial charge in [0.2, 0.25) is 0 Å². The lowest BCUT2D eigenvalue weighted by atomic mass is 10.1. The molecule has 1 rings (SSSR count). The molecule has 1 fully saturated rings. The minimum absolute atomic E-state index is 0.0280. The number of hydrogen-bond donors (Lipinski definition) is 3. The molecule has 7 nitrogen and oxygen atoms in total. The third kappa shape index (κ3) is 4.88. The van der Waals surface area contributed by atoms with E-state index in [1.165, 1.54) is 0 Å². The summed E-state index contributed by atoms with van der Waals surface area (Å²) in [6, 6.07) is 0.0280. The van der Waals surface area contributed by atoms with Gasteiger partial charge in [0, 0.05) is 12.6 Å². The van der Waals surface area contributed by atoms with Crippen LogP contribution in [-0.2, 0) is 14.9 Å². The first kappa shape index (κ1) is 14.2. The first-order valence-corrected chi connectivity index (χ1v) is 7.12. The summed E-state index contributed by atoms with van der Waals surface area (Å²) in [5.41, 5.74) is 5.81. The standard InChI is InChI=1S/C9H19N3O4S/c1-2-16-9(13)12-17(14,15)11-6-7-4-3-5-8(7)10/h7-8,11H,2-6,10H2,1H3,(H,12,13). The molecule has 1 aliphatic rings. The van der Waals surface area contributed by atoms with Gasteiger partial charge in [0.05, 0.1) is 6.61 Å². The molecule has 1 saturated carbocycles. The second-order valence-electron chi connectivity index (χ2n) is 4.03. The second kappa shape index (κ2) is 6.18. The van der Waals surface area contributed by atoms with E-state index in [-0.39, 0.29) is 25.1 Å². The van der Waals surface area contributed by atoms with Crippen LogP contribution in [-0.4, -0.2) is 33.7 Å². The lowest BCUT2D eigenvalue weighted by Gasteiger charge is -2.16. The summed E-state index contributed by atoms with van der Waals surface area (Å²) in [6.07, 6.45) is 1.86. The van der Waals surface area contributed by atoms with Gasteiger partial charge in [0.1, 0.15) is 0 Å². The molecule has 0 heterocycles. The maximum Gasteiger partial charge on any atom is 0.421 e. The normalized spacial score (nSPS) is 24.6. The molecule has 0 saturated heterocycles. The van der Waals surface area contributed by atoms with E-state index in [9.17, 15) is 13.2 Å². The first-order valence-electron chi connectivity index (χ1n) is 5.64. The number of carbonyl (C=O) groups excluding carboxylic acids is 1. The van der Waals surface area contributed by atoms with Crippen molar-refractivity contribution in [2.45, 2.75) is 32.2 Å². The Kier molecular flexibility index (Phi) is 5.16. The molecule has 0 aliphatic heterocycles. The summed E-state index contributed by atoms with van der Waals surface area (Å²) >= 11 is 0. The van der Waals surface area contributed by atoms with Crippen molar-refractivity contribution < 1.29 is 17.9 Å². The third-order valence-electron chi connectivity index (χ3n) is 2.75. The summed E-state index contributed by atoms with van der Waals surface area (Å²) in [7, 11) is -3.84. The van der Waals surface area contributed by atoms with E-state index in [2.05, 4.69) is 9.46 Å². The third-order valence-corrected chi connectivity index (χ3v) is 3.73. The van der Waals surface area contributed by atoms with Crippen LogP contribution in [0.15, 0.2) is 0 Å². The fourth-order valence-corrected chi connectivity index (χ4v) is 2.63. The second-order valence-corrected chi connectivity index (χ2v) is 5.53. The monoisotopic (exact) mass is 265 g/mol.